The van der Waals surface area contributed by atoms with Crippen molar-refractivity contribution >= 4 is 27.1 Å². The standard InChI is InChI=1S/C17H21ClN4O3S/c1-17(2,3)14-13(18)16-19-15(21-22(16)20-14)12-8-11(25-4)7-6-10(12)9-26(5,23)24/h6-8,20H,9H2,1-5H3. The highest BCUT2D eigenvalue weighted by molar-refractivity contribution is 7.89. The summed E-state index contributed by atoms with van der Waals surface area (Å²) < 4.78 is 30.3. The zero-order valence-corrected chi connectivity index (χ0v) is 16.9. The summed E-state index contributed by atoms with van der Waals surface area (Å²) in [6.45, 7) is 6.12. The molecule has 140 valence electrons. The van der Waals surface area contributed by atoms with Gasteiger partial charge in [-0.25, -0.2) is 13.4 Å². The van der Waals surface area contributed by atoms with Gasteiger partial charge in [-0.15, -0.1) is 5.10 Å². The molecule has 1 N–H and O–H groups in total. The topological polar surface area (TPSA) is 89.4 Å². The first-order valence-corrected chi connectivity index (χ1v) is 10.4. The van der Waals surface area contributed by atoms with Crippen molar-refractivity contribution in [3.63, 3.8) is 0 Å². The Labute approximate surface area is 157 Å². The number of sulfone groups is 1. The van der Waals surface area contributed by atoms with E-state index in [1.54, 1.807) is 25.3 Å². The molecule has 0 aliphatic heterocycles. The lowest BCUT2D eigenvalue weighted by Gasteiger charge is -2.16. The molecule has 0 saturated carbocycles. The third-order valence-corrected chi connectivity index (χ3v) is 5.16. The number of nitrogens with zero attached hydrogens (tertiary/aromatic N) is 3. The second-order valence-corrected chi connectivity index (χ2v) is 9.83. The van der Waals surface area contributed by atoms with Gasteiger partial charge < -0.3 is 4.74 Å². The third kappa shape index (κ3) is 3.57. The molecule has 0 amide bonds. The number of rotatable bonds is 4. The molecule has 0 fully saturated rings. The number of methoxy groups -OCH3 is 1. The molecule has 2 heterocycles. The molecule has 9 heteroatoms. The lowest BCUT2D eigenvalue weighted by molar-refractivity contribution is 0.415. The molecular weight excluding hydrogens is 376 g/mol. The summed E-state index contributed by atoms with van der Waals surface area (Å²) in [6.07, 6.45) is 1.19. The first-order chi connectivity index (χ1) is 12.0. The lowest BCUT2D eigenvalue weighted by atomic mass is 9.92. The second-order valence-electron chi connectivity index (χ2n) is 7.31. The minimum absolute atomic E-state index is 0.111. The highest BCUT2D eigenvalue weighted by atomic mass is 35.5. The Balaban J connectivity index is 2.16. The molecule has 0 aliphatic carbocycles. The molecule has 7 nitrogen and oxygen atoms in total. The van der Waals surface area contributed by atoms with Crippen molar-refractivity contribution in [3.05, 3.63) is 34.5 Å². The van der Waals surface area contributed by atoms with E-state index in [1.807, 2.05) is 20.8 Å². The highest BCUT2D eigenvalue weighted by Crippen LogP contribution is 2.33. The average Bonchev–Trinajstić information content (AvgIpc) is 3.05. The molecular formula is C17H21ClN4O3S. The Morgan fingerprint density at radius 2 is 2.00 bits per heavy atom. The van der Waals surface area contributed by atoms with Gasteiger partial charge in [0.1, 0.15) is 10.8 Å². The fourth-order valence-electron chi connectivity index (χ4n) is 2.71. The molecule has 0 atom stereocenters. The van der Waals surface area contributed by atoms with E-state index in [9.17, 15) is 8.42 Å². The number of aromatic nitrogens is 4. The Morgan fingerprint density at radius 3 is 2.54 bits per heavy atom. The molecule has 1 aromatic carbocycles. The van der Waals surface area contributed by atoms with Crippen molar-refractivity contribution in [1.29, 1.82) is 0 Å². The van der Waals surface area contributed by atoms with Crippen molar-refractivity contribution in [2.24, 2.45) is 0 Å². The van der Waals surface area contributed by atoms with Gasteiger partial charge in [0, 0.05) is 17.2 Å². The van der Waals surface area contributed by atoms with E-state index in [0.717, 1.165) is 5.69 Å². The largest absolute Gasteiger partial charge is 0.497 e. The first kappa shape index (κ1) is 18.7. The summed E-state index contributed by atoms with van der Waals surface area (Å²) in [5.74, 6) is 0.869. The van der Waals surface area contributed by atoms with E-state index in [0.29, 0.717) is 33.4 Å². The Hall–Kier alpha value is -2.06. The maximum Gasteiger partial charge on any atom is 0.194 e. The average molecular weight is 397 g/mol. The van der Waals surface area contributed by atoms with Crippen LogP contribution >= 0.6 is 11.6 Å². The minimum atomic E-state index is -3.22. The Kier molecular flexibility index (Phi) is 4.52. The van der Waals surface area contributed by atoms with Gasteiger partial charge in [0.2, 0.25) is 0 Å². The number of hydrogen-bond acceptors (Lipinski definition) is 5. The summed E-state index contributed by atoms with van der Waals surface area (Å²) in [5.41, 5.74) is 2.35. The molecule has 0 unspecified atom stereocenters. The maximum atomic E-state index is 11.8. The quantitative estimate of drug-likeness (QED) is 0.731. The van der Waals surface area contributed by atoms with Gasteiger partial charge in [-0.05, 0) is 17.7 Å². The van der Waals surface area contributed by atoms with E-state index in [4.69, 9.17) is 16.3 Å². The van der Waals surface area contributed by atoms with Crippen LogP contribution in [0.4, 0.5) is 0 Å². The molecule has 2 aromatic heterocycles. The van der Waals surface area contributed by atoms with Crippen molar-refractivity contribution in [2.75, 3.05) is 13.4 Å². The van der Waals surface area contributed by atoms with Crippen LogP contribution in [-0.4, -0.2) is 41.6 Å². The zero-order chi connectivity index (χ0) is 19.3. The summed E-state index contributed by atoms with van der Waals surface area (Å²) >= 11 is 6.47. The normalized spacial score (nSPS) is 12.7. The van der Waals surface area contributed by atoms with Crippen LogP contribution in [0.5, 0.6) is 5.75 Å². The molecule has 0 bridgehead atoms. The summed E-state index contributed by atoms with van der Waals surface area (Å²) in [7, 11) is -1.67. The highest BCUT2D eigenvalue weighted by Gasteiger charge is 2.25. The smallest absolute Gasteiger partial charge is 0.194 e. The van der Waals surface area contributed by atoms with E-state index in [-0.39, 0.29) is 11.2 Å². The van der Waals surface area contributed by atoms with Gasteiger partial charge >= 0.3 is 0 Å². The fourth-order valence-corrected chi connectivity index (χ4v) is 3.97. The second kappa shape index (κ2) is 6.28. The van der Waals surface area contributed by atoms with Gasteiger partial charge in [-0.3, -0.25) is 5.10 Å². The van der Waals surface area contributed by atoms with Gasteiger partial charge in [0.05, 0.1) is 18.6 Å². The monoisotopic (exact) mass is 396 g/mol. The molecule has 0 aliphatic rings. The van der Waals surface area contributed by atoms with Crippen molar-refractivity contribution in [2.45, 2.75) is 31.9 Å². The van der Waals surface area contributed by atoms with Crippen LogP contribution in [0.3, 0.4) is 0 Å². The van der Waals surface area contributed by atoms with Crippen molar-refractivity contribution in [3.8, 4) is 17.1 Å². The molecule has 0 radical (unpaired) electrons. The molecule has 26 heavy (non-hydrogen) atoms. The van der Waals surface area contributed by atoms with Crippen LogP contribution in [0.15, 0.2) is 18.2 Å². The Bertz CT molecular complexity index is 1080. The number of nitrogens with one attached hydrogen (secondary N) is 1. The zero-order valence-electron chi connectivity index (χ0n) is 15.3. The van der Waals surface area contributed by atoms with Crippen LogP contribution in [0, 0.1) is 0 Å². The van der Waals surface area contributed by atoms with Crippen molar-refractivity contribution < 1.29 is 13.2 Å². The number of halogens is 1. The van der Waals surface area contributed by atoms with Gasteiger partial charge in [-0.2, -0.15) is 4.63 Å². The van der Waals surface area contributed by atoms with Gasteiger partial charge in [0.15, 0.2) is 21.3 Å². The van der Waals surface area contributed by atoms with E-state index in [2.05, 4.69) is 15.2 Å². The van der Waals surface area contributed by atoms with Crippen LogP contribution < -0.4 is 4.74 Å². The summed E-state index contributed by atoms with van der Waals surface area (Å²) in [5, 5.41) is 8.11. The number of fused-ring (bicyclic) bond motifs is 1. The van der Waals surface area contributed by atoms with Gasteiger partial charge in [-0.1, -0.05) is 38.4 Å². The third-order valence-electron chi connectivity index (χ3n) is 3.97. The van der Waals surface area contributed by atoms with Gasteiger partial charge in [0.25, 0.3) is 0 Å². The Morgan fingerprint density at radius 1 is 1.31 bits per heavy atom. The number of ether oxygens (including phenoxy) is 1. The number of aromatic amines is 1. The van der Waals surface area contributed by atoms with Crippen LogP contribution in [0.1, 0.15) is 32.0 Å². The molecule has 0 spiro atoms. The number of benzene rings is 1. The molecule has 0 saturated heterocycles. The fraction of sp³-hybridized carbons (Fsp3) is 0.412. The van der Waals surface area contributed by atoms with E-state index < -0.39 is 9.84 Å². The van der Waals surface area contributed by atoms with Crippen molar-refractivity contribution in [1.82, 2.24) is 19.8 Å². The van der Waals surface area contributed by atoms with Crippen LogP contribution in [0.25, 0.3) is 17.0 Å². The van der Waals surface area contributed by atoms with Crippen LogP contribution in [-0.2, 0) is 21.0 Å². The minimum Gasteiger partial charge on any atom is -0.497 e. The van der Waals surface area contributed by atoms with E-state index in [1.165, 1.54) is 10.9 Å². The number of H-pyrrole nitrogens is 1. The first-order valence-electron chi connectivity index (χ1n) is 7.99. The number of hydrogen-bond donors (Lipinski definition) is 1. The predicted octanol–water partition coefficient (Wildman–Crippen LogP) is 3.23. The predicted molar refractivity (Wildman–Crippen MR) is 102 cm³/mol. The summed E-state index contributed by atoms with van der Waals surface area (Å²) in [6, 6.07) is 5.16. The van der Waals surface area contributed by atoms with E-state index >= 15 is 0 Å². The molecule has 3 rings (SSSR count). The summed E-state index contributed by atoms with van der Waals surface area (Å²) in [4.78, 5) is 4.52. The SMILES string of the molecule is COc1ccc(CS(C)(=O)=O)c(-c2nc3c(Cl)c(C(C)(C)C)[nH]n3n2)c1. The van der Waals surface area contributed by atoms with Crippen LogP contribution in [0.2, 0.25) is 5.02 Å². The molecule has 3 aromatic rings. The lowest BCUT2D eigenvalue weighted by Crippen LogP contribution is -2.13. The maximum absolute atomic E-state index is 11.8.